The van der Waals surface area contributed by atoms with Gasteiger partial charge in [-0.25, -0.2) is 13.1 Å². The summed E-state index contributed by atoms with van der Waals surface area (Å²) in [5.41, 5.74) is 2.76. The first-order valence-corrected chi connectivity index (χ1v) is 10.4. The lowest BCUT2D eigenvalue weighted by atomic mass is 10.1. The third-order valence-corrected chi connectivity index (χ3v) is 5.69. The molecule has 0 spiro atoms. The van der Waals surface area contributed by atoms with Crippen LogP contribution in [0.25, 0.3) is 0 Å². The van der Waals surface area contributed by atoms with Gasteiger partial charge in [0, 0.05) is 25.6 Å². The van der Waals surface area contributed by atoms with E-state index in [4.69, 9.17) is 4.74 Å². The molecule has 2 aromatic carbocycles. The molecule has 0 radical (unpaired) electrons. The number of sulfonamides is 1. The molecule has 2 rings (SSSR count). The highest BCUT2D eigenvalue weighted by atomic mass is 32.2. The SMILES string of the molecule is COc1ccc(NC(=O)CCNS(=O)(=O)c2ccc(C)c(C)c2)cc1NC(C)=O. The second kappa shape index (κ2) is 9.53. The number of amides is 2. The molecule has 9 heteroatoms. The number of hydrogen-bond acceptors (Lipinski definition) is 5. The molecule has 0 saturated heterocycles. The first-order valence-electron chi connectivity index (χ1n) is 8.95. The van der Waals surface area contributed by atoms with Gasteiger partial charge in [-0.15, -0.1) is 0 Å². The third-order valence-electron chi connectivity index (χ3n) is 4.23. The molecule has 29 heavy (non-hydrogen) atoms. The van der Waals surface area contributed by atoms with Gasteiger partial charge in [-0.1, -0.05) is 6.07 Å². The Morgan fingerprint density at radius 2 is 1.72 bits per heavy atom. The summed E-state index contributed by atoms with van der Waals surface area (Å²) in [6, 6.07) is 9.68. The number of hydrogen-bond donors (Lipinski definition) is 3. The molecular formula is C20H25N3O5S. The summed E-state index contributed by atoms with van der Waals surface area (Å²) >= 11 is 0. The first-order chi connectivity index (χ1) is 13.6. The zero-order valence-electron chi connectivity index (χ0n) is 16.8. The van der Waals surface area contributed by atoms with Gasteiger partial charge in [0.05, 0.1) is 17.7 Å². The molecule has 0 fully saturated rings. The molecule has 0 unspecified atom stereocenters. The molecule has 0 aliphatic carbocycles. The monoisotopic (exact) mass is 419 g/mol. The minimum Gasteiger partial charge on any atom is -0.495 e. The molecule has 0 atom stereocenters. The van der Waals surface area contributed by atoms with Crippen LogP contribution in [0.3, 0.4) is 0 Å². The summed E-state index contributed by atoms with van der Waals surface area (Å²) < 4.78 is 32.3. The van der Waals surface area contributed by atoms with Gasteiger partial charge in [-0.05, 0) is 55.3 Å². The summed E-state index contributed by atoms with van der Waals surface area (Å²) in [4.78, 5) is 23.6. The Morgan fingerprint density at radius 1 is 1.00 bits per heavy atom. The van der Waals surface area contributed by atoms with E-state index in [1.165, 1.54) is 20.1 Å². The van der Waals surface area contributed by atoms with Crippen LogP contribution in [0, 0.1) is 13.8 Å². The predicted octanol–water partition coefficient (Wildman–Crippen LogP) is 2.58. The Hall–Kier alpha value is -2.91. The van der Waals surface area contributed by atoms with Gasteiger partial charge in [0.2, 0.25) is 21.8 Å². The fourth-order valence-corrected chi connectivity index (χ4v) is 3.68. The summed E-state index contributed by atoms with van der Waals surface area (Å²) in [6.45, 7) is 5.06. The van der Waals surface area contributed by atoms with Gasteiger partial charge in [0.25, 0.3) is 0 Å². The molecule has 0 bridgehead atoms. The van der Waals surface area contributed by atoms with Crippen LogP contribution in [0.15, 0.2) is 41.3 Å². The van der Waals surface area contributed by atoms with Gasteiger partial charge >= 0.3 is 0 Å². The topological polar surface area (TPSA) is 114 Å². The highest BCUT2D eigenvalue weighted by molar-refractivity contribution is 7.89. The largest absolute Gasteiger partial charge is 0.495 e. The number of carbonyl (C=O) groups excluding carboxylic acids is 2. The molecule has 8 nitrogen and oxygen atoms in total. The van der Waals surface area contributed by atoms with Crippen LogP contribution in [0.5, 0.6) is 5.75 Å². The average molecular weight is 420 g/mol. The van der Waals surface area contributed by atoms with E-state index in [1.807, 2.05) is 13.8 Å². The van der Waals surface area contributed by atoms with Crippen molar-refractivity contribution in [1.29, 1.82) is 0 Å². The van der Waals surface area contributed by atoms with E-state index in [-0.39, 0.29) is 29.7 Å². The van der Waals surface area contributed by atoms with Crippen molar-refractivity contribution >= 4 is 33.2 Å². The van der Waals surface area contributed by atoms with Gasteiger partial charge < -0.3 is 15.4 Å². The fourth-order valence-electron chi connectivity index (χ4n) is 2.56. The molecule has 2 amide bonds. The van der Waals surface area contributed by atoms with Crippen LogP contribution in [-0.4, -0.2) is 33.9 Å². The number of benzene rings is 2. The van der Waals surface area contributed by atoms with E-state index >= 15 is 0 Å². The highest BCUT2D eigenvalue weighted by Crippen LogP contribution is 2.27. The normalized spacial score (nSPS) is 11.0. The lowest BCUT2D eigenvalue weighted by molar-refractivity contribution is -0.116. The Bertz CT molecular complexity index is 1020. The van der Waals surface area contributed by atoms with Crippen LogP contribution < -0.4 is 20.1 Å². The third kappa shape index (κ3) is 6.30. The Kier molecular flexibility index (Phi) is 7.35. The van der Waals surface area contributed by atoms with Crippen molar-refractivity contribution in [2.45, 2.75) is 32.1 Å². The minimum absolute atomic E-state index is 0.0458. The maximum absolute atomic E-state index is 12.4. The van der Waals surface area contributed by atoms with Crippen molar-refractivity contribution in [3.63, 3.8) is 0 Å². The smallest absolute Gasteiger partial charge is 0.240 e. The van der Waals surface area contributed by atoms with Crippen LogP contribution >= 0.6 is 0 Å². The second-order valence-electron chi connectivity index (χ2n) is 6.54. The summed E-state index contributed by atoms with van der Waals surface area (Å²) in [7, 11) is -2.22. The van der Waals surface area contributed by atoms with Gasteiger partial charge in [-0.3, -0.25) is 9.59 Å². The number of anilines is 2. The quantitative estimate of drug-likeness (QED) is 0.609. The van der Waals surface area contributed by atoms with Gasteiger partial charge in [0.1, 0.15) is 5.75 Å². The Labute approximate surface area is 170 Å². The predicted molar refractivity (Wildman–Crippen MR) is 112 cm³/mol. The summed E-state index contributed by atoms with van der Waals surface area (Å²) in [6.07, 6.45) is -0.0500. The van der Waals surface area contributed by atoms with Gasteiger partial charge in [0.15, 0.2) is 0 Å². The number of nitrogens with one attached hydrogen (secondary N) is 3. The molecule has 156 valence electrons. The second-order valence-corrected chi connectivity index (χ2v) is 8.31. The molecule has 0 saturated carbocycles. The standard InChI is InChI=1S/C20H25N3O5S/c1-13-5-7-17(11-14(13)2)29(26,27)21-10-9-20(25)23-16-6-8-19(28-4)18(12-16)22-15(3)24/h5-8,11-12,21H,9-10H2,1-4H3,(H,22,24)(H,23,25). The number of carbonyl (C=O) groups is 2. The molecule has 0 aliphatic heterocycles. The number of aryl methyl sites for hydroxylation is 2. The maximum Gasteiger partial charge on any atom is 0.240 e. The van der Waals surface area contributed by atoms with Crippen molar-refractivity contribution in [3.05, 3.63) is 47.5 Å². The summed E-state index contributed by atoms with van der Waals surface area (Å²) in [5.74, 6) is -0.182. The van der Waals surface area contributed by atoms with E-state index in [0.717, 1.165) is 11.1 Å². The first kappa shape index (κ1) is 22.4. The van der Waals surface area contributed by atoms with Crippen molar-refractivity contribution < 1.29 is 22.7 Å². The molecule has 3 N–H and O–H groups in total. The number of methoxy groups -OCH3 is 1. The fraction of sp³-hybridized carbons (Fsp3) is 0.300. The van der Waals surface area contributed by atoms with Crippen LogP contribution in [0.4, 0.5) is 11.4 Å². The Morgan fingerprint density at radius 3 is 2.34 bits per heavy atom. The van der Waals surface area contributed by atoms with Crippen LogP contribution in [-0.2, 0) is 19.6 Å². The van der Waals surface area contributed by atoms with Crippen LogP contribution in [0.1, 0.15) is 24.5 Å². The lowest BCUT2D eigenvalue weighted by Gasteiger charge is -2.12. The summed E-state index contributed by atoms with van der Waals surface area (Å²) in [5, 5.41) is 5.29. The van der Waals surface area contributed by atoms with Crippen molar-refractivity contribution in [3.8, 4) is 5.75 Å². The average Bonchev–Trinajstić information content (AvgIpc) is 2.63. The van der Waals surface area contributed by atoms with E-state index < -0.39 is 10.0 Å². The molecule has 0 heterocycles. The number of rotatable bonds is 8. The molecular weight excluding hydrogens is 394 g/mol. The van der Waals surface area contributed by atoms with E-state index in [1.54, 1.807) is 30.3 Å². The van der Waals surface area contributed by atoms with E-state index in [2.05, 4.69) is 15.4 Å². The van der Waals surface area contributed by atoms with Gasteiger partial charge in [-0.2, -0.15) is 0 Å². The molecule has 0 aliphatic rings. The zero-order chi connectivity index (χ0) is 21.6. The minimum atomic E-state index is -3.69. The molecule has 2 aromatic rings. The van der Waals surface area contributed by atoms with Crippen molar-refractivity contribution in [2.75, 3.05) is 24.3 Å². The van der Waals surface area contributed by atoms with E-state index in [9.17, 15) is 18.0 Å². The maximum atomic E-state index is 12.4. The van der Waals surface area contributed by atoms with Crippen LogP contribution in [0.2, 0.25) is 0 Å². The van der Waals surface area contributed by atoms with Crippen molar-refractivity contribution in [1.82, 2.24) is 4.72 Å². The highest BCUT2D eigenvalue weighted by Gasteiger charge is 2.15. The van der Waals surface area contributed by atoms with Crippen molar-refractivity contribution in [2.24, 2.45) is 0 Å². The lowest BCUT2D eigenvalue weighted by Crippen LogP contribution is -2.28. The van der Waals surface area contributed by atoms with E-state index in [0.29, 0.717) is 17.1 Å². The Balaban J connectivity index is 1.96. The zero-order valence-corrected chi connectivity index (χ0v) is 17.6. The number of ether oxygens (including phenoxy) is 1. The molecule has 0 aromatic heterocycles.